The average molecular weight is 240 g/mol. The fourth-order valence-corrected chi connectivity index (χ4v) is 2.75. The van der Waals surface area contributed by atoms with E-state index < -0.39 is 32.7 Å². The molecule has 0 amide bonds. The predicted octanol–water partition coefficient (Wildman–Crippen LogP) is 0.269. The maximum absolute atomic E-state index is 11.0. The zero-order valence-electron chi connectivity index (χ0n) is 7.84. The molecule has 0 aromatic heterocycles. The number of nitrogens with zero attached hydrogens (tertiary/aromatic N) is 2. The Hall–Kier alpha value is -0.400. The lowest BCUT2D eigenvalue weighted by Gasteiger charge is -2.17. The Labute approximate surface area is 86.9 Å². The Kier molecular flexibility index (Phi) is 5.32. The smallest absolute Gasteiger partial charge is 0.290 e. The van der Waals surface area contributed by atoms with Gasteiger partial charge >= 0.3 is 0 Å². The lowest BCUT2D eigenvalue weighted by atomic mass is 10.1. The van der Waals surface area contributed by atoms with Gasteiger partial charge in [-0.25, -0.2) is 8.42 Å². The minimum Gasteiger partial charge on any atom is -0.362 e. The van der Waals surface area contributed by atoms with E-state index >= 15 is 0 Å². The maximum atomic E-state index is 11.0. The molecular formula is C6H12N2O4S2. The predicted molar refractivity (Wildman–Crippen MR) is 53.7 cm³/mol. The van der Waals surface area contributed by atoms with E-state index in [1.54, 1.807) is 6.92 Å². The van der Waals surface area contributed by atoms with E-state index in [1.165, 1.54) is 6.92 Å². The molecule has 3 atom stereocenters. The number of hydrogen-bond donors (Lipinski definition) is 2. The standard InChI is InChI=1S/C6H12N2O4S2/c1-3-5(8-7)6(2,14(11)12)4-13(9)10/h3-4H2,1-2H3,(H,9,10)(H,11,12). The molecule has 82 valence electrons. The zero-order valence-corrected chi connectivity index (χ0v) is 9.47. The highest BCUT2D eigenvalue weighted by molar-refractivity contribution is 7.85. The summed E-state index contributed by atoms with van der Waals surface area (Å²) in [7, 11) is 0. The molecule has 0 bridgehead atoms. The fourth-order valence-electron chi connectivity index (χ4n) is 1.02. The molecule has 0 spiro atoms. The summed E-state index contributed by atoms with van der Waals surface area (Å²) >= 11 is -4.59. The summed E-state index contributed by atoms with van der Waals surface area (Å²) in [4.78, 5) is 2.87. The van der Waals surface area contributed by atoms with Gasteiger partial charge in [0.15, 0.2) is 26.9 Å². The Balaban J connectivity index is 5.19. The second-order valence-electron chi connectivity index (χ2n) is 2.85. The van der Waals surface area contributed by atoms with Crippen molar-refractivity contribution < 1.29 is 22.3 Å². The average Bonchev–Trinajstić information content (AvgIpc) is 2.04. The van der Waals surface area contributed by atoms with Crippen LogP contribution in [0.5, 0.6) is 0 Å². The van der Waals surface area contributed by atoms with Crippen LogP contribution in [0.25, 0.3) is 5.53 Å². The topological polar surface area (TPSA) is 111 Å². The van der Waals surface area contributed by atoms with Crippen LogP contribution in [0.3, 0.4) is 0 Å². The molecule has 0 aliphatic carbocycles. The van der Waals surface area contributed by atoms with Crippen molar-refractivity contribution in [3.05, 3.63) is 5.53 Å². The molecule has 0 aromatic carbocycles. The lowest BCUT2D eigenvalue weighted by Crippen LogP contribution is -2.45. The summed E-state index contributed by atoms with van der Waals surface area (Å²) in [6, 6.07) is 0. The van der Waals surface area contributed by atoms with Gasteiger partial charge in [0.25, 0.3) is 5.71 Å². The van der Waals surface area contributed by atoms with E-state index in [1.807, 2.05) is 0 Å². The van der Waals surface area contributed by atoms with Crippen molar-refractivity contribution in [2.75, 3.05) is 5.75 Å². The lowest BCUT2D eigenvalue weighted by molar-refractivity contribution is -0.0131. The zero-order chi connectivity index (χ0) is 11.4. The summed E-state index contributed by atoms with van der Waals surface area (Å²) in [6.07, 6.45) is 0.233. The molecule has 0 saturated heterocycles. The molecule has 8 heteroatoms. The molecule has 0 rings (SSSR count). The van der Waals surface area contributed by atoms with Crippen LogP contribution in [0, 0.1) is 0 Å². The molecule has 0 aliphatic heterocycles. The molecule has 14 heavy (non-hydrogen) atoms. The molecule has 0 fully saturated rings. The van der Waals surface area contributed by atoms with E-state index in [0.29, 0.717) is 0 Å². The fraction of sp³-hybridized carbons (Fsp3) is 0.833. The van der Waals surface area contributed by atoms with Crippen molar-refractivity contribution >= 4 is 27.9 Å². The Morgan fingerprint density at radius 1 is 1.50 bits per heavy atom. The van der Waals surface area contributed by atoms with Crippen LogP contribution >= 0.6 is 0 Å². The molecule has 2 N–H and O–H groups in total. The first-order chi connectivity index (χ1) is 6.38. The number of hydrogen-bond acceptors (Lipinski definition) is 2. The molecule has 3 unspecified atom stereocenters. The highest BCUT2D eigenvalue weighted by Crippen LogP contribution is 2.17. The Morgan fingerprint density at radius 3 is 2.21 bits per heavy atom. The molecular weight excluding hydrogens is 228 g/mol. The quantitative estimate of drug-likeness (QED) is 0.311. The van der Waals surface area contributed by atoms with Gasteiger partial charge in [-0.15, -0.1) is 0 Å². The minimum absolute atomic E-state index is 0.0285. The van der Waals surface area contributed by atoms with Gasteiger partial charge < -0.3 is 14.6 Å². The third-order valence-electron chi connectivity index (χ3n) is 1.85. The van der Waals surface area contributed by atoms with Crippen molar-refractivity contribution in [1.29, 1.82) is 0 Å². The second kappa shape index (κ2) is 5.47. The van der Waals surface area contributed by atoms with Crippen molar-refractivity contribution in [2.24, 2.45) is 0 Å². The largest absolute Gasteiger partial charge is 0.362 e. The van der Waals surface area contributed by atoms with Gasteiger partial charge in [0.1, 0.15) is 0 Å². The summed E-state index contributed by atoms with van der Waals surface area (Å²) in [5.41, 5.74) is 8.61. The maximum Gasteiger partial charge on any atom is 0.290 e. The Morgan fingerprint density at radius 2 is 2.00 bits per heavy atom. The number of rotatable bonds is 5. The summed E-state index contributed by atoms with van der Waals surface area (Å²) in [5, 5.41) is 0. The van der Waals surface area contributed by atoms with Crippen LogP contribution in [0.1, 0.15) is 20.3 Å². The third-order valence-corrected chi connectivity index (χ3v) is 4.01. The van der Waals surface area contributed by atoms with E-state index in [4.69, 9.17) is 14.6 Å². The molecule has 0 heterocycles. The highest BCUT2D eigenvalue weighted by atomic mass is 32.2. The first-order valence-electron chi connectivity index (χ1n) is 3.78. The van der Waals surface area contributed by atoms with Crippen LogP contribution in [0.15, 0.2) is 0 Å². The van der Waals surface area contributed by atoms with Gasteiger partial charge in [0, 0.05) is 6.42 Å². The van der Waals surface area contributed by atoms with Gasteiger partial charge in [-0.1, -0.05) is 6.92 Å². The van der Waals surface area contributed by atoms with E-state index in [2.05, 4.69) is 4.79 Å². The van der Waals surface area contributed by atoms with Crippen molar-refractivity contribution in [3.8, 4) is 0 Å². The molecule has 0 aliphatic rings. The minimum atomic E-state index is -2.36. The first-order valence-corrected chi connectivity index (χ1v) is 6.16. The summed E-state index contributed by atoms with van der Waals surface area (Å²) < 4.78 is 37.7. The van der Waals surface area contributed by atoms with Crippen LogP contribution in [0.4, 0.5) is 0 Å². The highest BCUT2D eigenvalue weighted by Gasteiger charge is 2.44. The molecule has 6 nitrogen and oxygen atoms in total. The normalized spacial score (nSPS) is 19.1. The molecule has 0 aromatic rings. The SMILES string of the molecule is CCC(=[N+]=[N-])C(C)(CS(=O)O)S(=O)O. The Bertz CT molecular complexity index is 313. The van der Waals surface area contributed by atoms with Gasteiger partial charge in [0.2, 0.25) is 0 Å². The van der Waals surface area contributed by atoms with Crippen molar-refractivity contribution in [1.82, 2.24) is 0 Å². The van der Waals surface area contributed by atoms with Gasteiger partial charge in [-0.2, -0.15) is 4.79 Å². The van der Waals surface area contributed by atoms with E-state index in [-0.39, 0.29) is 12.1 Å². The van der Waals surface area contributed by atoms with Gasteiger partial charge in [-0.3, -0.25) is 0 Å². The molecule has 0 radical (unpaired) electrons. The van der Waals surface area contributed by atoms with E-state index in [9.17, 15) is 8.42 Å². The monoisotopic (exact) mass is 240 g/mol. The van der Waals surface area contributed by atoms with Crippen LogP contribution in [-0.2, 0) is 22.2 Å². The second-order valence-corrected chi connectivity index (χ2v) is 5.18. The molecule has 0 saturated carbocycles. The first kappa shape index (κ1) is 13.6. The van der Waals surface area contributed by atoms with Crippen LogP contribution < -0.4 is 0 Å². The van der Waals surface area contributed by atoms with Crippen molar-refractivity contribution in [2.45, 2.75) is 25.0 Å². The van der Waals surface area contributed by atoms with Crippen LogP contribution in [0.2, 0.25) is 0 Å². The summed E-state index contributed by atoms with van der Waals surface area (Å²) in [5.74, 6) is -0.441. The van der Waals surface area contributed by atoms with Crippen molar-refractivity contribution in [3.63, 3.8) is 0 Å². The van der Waals surface area contributed by atoms with Gasteiger partial charge in [0.05, 0.1) is 5.75 Å². The third kappa shape index (κ3) is 3.07. The summed E-state index contributed by atoms with van der Waals surface area (Å²) in [6.45, 7) is 2.93. The van der Waals surface area contributed by atoms with Gasteiger partial charge in [-0.05, 0) is 6.92 Å². The van der Waals surface area contributed by atoms with E-state index in [0.717, 1.165) is 0 Å². The van der Waals surface area contributed by atoms with Crippen LogP contribution in [-0.4, -0.2) is 38.5 Å².